The van der Waals surface area contributed by atoms with E-state index in [0.717, 1.165) is 21.5 Å². The smallest absolute Gasteiger partial charge is 0.0494 e. The average molecular weight is 275 g/mol. The second-order valence-corrected chi connectivity index (χ2v) is 5.89. The van der Waals surface area contributed by atoms with Gasteiger partial charge in [-0.2, -0.15) is 0 Å². The quantitative estimate of drug-likeness (QED) is 0.830. The lowest BCUT2D eigenvalue weighted by atomic mass is 9.97. The lowest BCUT2D eigenvalue weighted by Gasteiger charge is -2.18. The summed E-state index contributed by atoms with van der Waals surface area (Å²) in [5.41, 5.74) is 7.27. The van der Waals surface area contributed by atoms with Crippen LogP contribution < -0.4 is 5.73 Å². The minimum atomic E-state index is -0.260. The average Bonchev–Trinajstić information content (AvgIpc) is 2.50. The lowest BCUT2D eigenvalue weighted by molar-refractivity contribution is 0.508. The van der Waals surface area contributed by atoms with Crippen molar-refractivity contribution in [1.82, 2.24) is 0 Å². The van der Waals surface area contributed by atoms with E-state index in [1.165, 1.54) is 0 Å². The van der Waals surface area contributed by atoms with Crippen LogP contribution in [0.1, 0.15) is 25.8 Å². The van der Waals surface area contributed by atoms with E-state index in [-0.39, 0.29) is 11.0 Å². The maximum absolute atomic E-state index is 6.33. The molecule has 0 heterocycles. The van der Waals surface area contributed by atoms with Crippen molar-refractivity contribution < 1.29 is 0 Å². The Balaban J connectivity index is 2.54. The molecule has 1 fully saturated rings. The first kappa shape index (κ1) is 10.5. The van der Waals surface area contributed by atoms with Crippen molar-refractivity contribution in [2.45, 2.75) is 25.8 Å². The lowest BCUT2D eigenvalue weighted by Crippen LogP contribution is -2.26. The van der Waals surface area contributed by atoms with Gasteiger partial charge in [-0.3, -0.25) is 0 Å². The SMILES string of the molecule is CC1(C)CC1(N)c1c(Cl)cccc1Br. The van der Waals surface area contributed by atoms with Crippen molar-refractivity contribution >= 4 is 27.5 Å². The molecule has 0 amide bonds. The first-order valence-electron chi connectivity index (χ1n) is 4.62. The van der Waals surface area contributed by atoms with Crippen LogP contribution in [0.15, 0.2) is 22.7 Å². The summed E-state index contributed by atoms with van der Waals surface area (Å²) in [6, 6.07) is 5.81. The first-order valence-corrected chi connectivity index (χ1v) is 5.79. The van der Waals surface area contributed by atoms with Gasteiger partial charge in [0, 0.05) is 20.6 Å². The molecule has 0 bridgehead atoms. The zero-order chi connectivity index (χ0) is 10.6. The van der Waals surface area contributed by atoms with E-state index < -0.39 is 0 Å². The van der Waals surface area contributed by atoms with Gasteiger partial charge >= 0.3 is 0 Å². The molecule has 1 saturated carbocycles. The van der Waals surface area contributed by atoms with E-state index >= 15 is 0 Å². The molecule has 1 aliphatic carbocycles. The van der Waals surface area contributed by atoms with Crippen molar-refractivity contribution in [2.24, 2.45) is 11.1 Å². The van der Waals surface area contributed by atoms with Gasteiger partial charge in [-0.05, 0) is 24.0 Å². The standard InChI is InChI=1S/C11H13BrClN/c1-10(2)6-11(10,14)9-7(12)4-3-5-8(9)13/h3-5H,6,14H2,1-2H3. The fourth-order valence-corrected chi connectivity index (χ4v) is 3.18. The highest BCUT2D eigenvalue weighted by molar-refractivity contribution is 9.10. The zero-order valence-electron chi connectivity index (χ0n) is 8.27. The Labute approximate surface area is 97.8 Å². The largest absolute Gasteiger partial charge is 0.321 e. The topological polar surface area (TPSA) is 26.0 Å². The molecule has 2 rings (SSSR count). The molecule has 0 radical (unpaired) electrons. The van der Waals surface area contributed by atoms with Crippen molar-refractivity contribution in [1.29, 1.82) is 0 Å². The molecule has 0 saturated heterocycles. The van der Waals surface area contributed by atoms with Crippen LogP contribution in [0.4, 0.5) is 0 Å². The predicted molar refractivity (Wildman–Crippen MR) is 63.4 cm³/mol. The van der Waals surface area contributed by atoms with E-state index in [2.05, 4.69) is 29.8 Å². The Morgan fingerprint density at radius 2 is 2.00 bits per heavy atom. The Bertz CT molecular complexity index is 369. The normalized spacial score (nSPS) is 28.9. The first-order chi connectivity index (χ1) is 6.38. The van der Waals surface area contributed by atoms with Crippen molar-refractivity contribution in [3.63, 3.8) is 0 Å². The molecule has 1 nitrogen and oxygen atoms in total. The van der Waals surface area contributed by atoms with E-state index in [9.17, 15) is 0 Å². The van der Waals surface area contributed by atoms with Gasteiger partial charge in [0.15, 0.2) is 0 Å². The van der Waals surface area contributed by atoms with Crippen molar-refractivity contribution in [3.8, 4) is 0 Å². The van der Waals surface area contributed by atoms with Gasteiger partial charge in [-0.15, -0.1) is 0 Å². The molecule has 0 aliphatic heterocycles. The number of nitrogens with two attached hydrogens (primary N) is 1. The third kappa shape index (κ3) is 1.32. The van der Waals surface area contributed by atoms with Crippen LogP contribution in [0, 0.1) is 5.41 Å². The van der Waals surface area contributed by atoms with Gasteiger partial charge in [-0.1, -0.05) is 47.4 Å². The third-order valence-electron chi connectivity index (χ3n) is 3.21. The molecule has 76 valence electrons. The van der Waals surface area contributed by atoms with Gasteiger partial charge < -0.3 is 5.73 Å². The maximum Gasteiger partial charge on any atom is 0.0494 e. The number of halogens is 2. The van der Waals surface area contributed by atoms with Gasteiger partial charge in [0.05, 0.1) is 0 Å². The molecule has 1 aromatic carbocycles. The number of benzene rings is 1. The highest BCUT2D eigenvalue weighted by atomic mass is 79.9. The summed E-state index contributed by atoms with van der Waals surface area (Å²) >= 11 is 9.68. The van der Waals surface area contributed by atoms with Crippen LogP contribution in [-0.2, 0) is 5.54 Å². The second kappa shape index (κ2) is 2.97. The fraction of sp³-hybridized carbons (Fsp3) is 0.455. The van der Waals surface area contributed by atoms with Crippen molar-refractivity contribution in [3.05, 3.63) is 33.3 Å². The molecule has 1 unspecified atom stereocenters. The molecule has 0 spiro atoms. The Kier molecular flexibility index (Phi) is 2.22. The third-order valence-corrected chi connectivity index (χ3v) is 4.19. The number of hydrogen-bond donors (Lipinski definition) is 1. The minimum Gasteiger partial charge on any atom is -0.321 e. The van der Waals surface area contributed by atoms with E-state index in [4.69, 9.17) is 17.3 Å². The summed E-state index contributed by atoms with van der Waals surface area (Å²) in [4.78, 5) is 0. The molecule has 1 aliphatic rings. The van der Waals surface area contributed by atoms with E-state index in [1.807, 2.05) is 18.2 Å². The molecule has 2 N–H and O–H groups in total. The molecular weight excluding hydrogens is 261 g/mol. The van der Waals surface area contributed by atoms with Gasteiger partial charge in [-0.25, -0.2) is 0 Å². The summed E-state index contributed by atoms with van der Waals surface area (Å²) in [7, 11) is 0. The Hall–Kier alpha value is -0.0500. The fourth-order valence-electron chi connectivity index (χ4n) is 2.00. The van der Waals surface area contributed by atoms with Gasteiger partial charge in [0.1, 0.15) is 0 Å². The highest BCUT2D eigenvalue weighted by Gasteiger charge is 2.60. The van der Waals surface area contributed by atoms with Crippen LogP contribution >= 0.6 is 27.5 Å². The molecule has 1 aromatic rings. The van der Waals surface area contributed by atoms with E-state index in [1.54, 1.807) is 0 Å². The van der Waals surface area contributed by atoms with Crippen LogP contribution in [-0.4, -0.2) is 0 Å². The molecular formula is C11H13BrClN. The Morgan fingerprint density at radius 3 is 2.43 bits per heavy atom. The van der Waals surface area contributed by atoms with Crippen LogP contribution in [0.3, 0.4) is 0 Å². The maximum atomic E-state index is 6.33. The number of rotatable bonds is 1. The highest BCUT2D eigenvalue weighted by Crippen LogP contribution is 2.62. The number of hydrogen-bond acceptors (Lipinski definition) is 1. The summed E-state index contributed by atoms with van der Waals surface area (Å²) in [5.74, 6) is 0. The Morgan fingerprint density at radius 1 is 1.43 bits per heavy atom. The summed E-state index contributed by atoms with van der Waals surface area (Å²) in [5, 5.41) is 0.757. The van der Waals surface area contributed by atoms with Crippen LogP contribution in [0.5, 0.6) is 0 Å². The van der Waals surface area contributed by atoms with Crippen molar-refractivity contribution in [2.75, 3.05) is 0 Å². The molecule has 1 atom stereocenters. The van der Waals surface area contributed by atoms with E-state index in [0.29, 0.717) is 0 Å². The van der Waals surface area contributed by atoms with Gasteiger partial charge in [0.25, 0.3) is 0 Å². The zero-order valence-corrected chi connectivity index (χ0v) is 10.6. The van der Waals surface area contributed by atoms with Gasteiger partial charge in [0.2, 0.25) is 0 Å². The molecule has 3 heteroatoms. The summed E-state index contributed by atoms with van der Waals surface area (Å²) < 4.78 is 1.01. The molecule has 14 heavy (non-hydrogen) atoms. The summed E-state index contributed by atoms with van der Waals surface area (Å²) in [6.45, 7) is 4.34. The van der Waals surface area contributed by atoms with Crippen LogP contribution in [0.2, 0.25) is 5.02 Å². The summed E-state index contributed by atoms with van der Waals surface area (Å²) in [6.07, 6.45) is 0.988. The predicted octanol–water partition coefficient (Wildman–Crippen LogP) is 3.69. The monoisotopic (exact) mass is 273 g/mol. The second-order valence-electron chi connectivity index (χ2n) is 4.63. The van der Waals surface area contributed by atoms with Crippen LogP contribution in [0.25, 0.3) is 0 Å². The molecule has 0 aromatic heterocycles. The minimum absolute atomic E-state index is 0.153.